The predicted octanol–water partition coefficient (Wildman–Crippen LogP) is 3.29. The number of benzene rings is 1. The number of rotatable bonds is 3. The summed E-state index contributed by atoms with van der Waals surface area (Å²) in [5, 5.41) is 6.41. The fourth-order valence-corrected chi connectivity index (χ4v) is 4.41. The van der Waals surface area contributed by atoms with Crippen LogP contribution < -0.4 is 11.1 Å². The van der Waals surface area contributed by atoms with Crippen molar-refractivity contribution >= 4 is 35.1 Å². The average molecular weight is 493 g/mol. The summed E-state index contributed by atoms with van der Waals surface area (Å²) in [6.07, 6.45) is 0.228. The molecule has 13 heteroatoms. The number of pyridine rings is 1. The zero-order chi connectivity index (χ0) is 24.2. The lowest BCUT2D eigenvalue weighted by atomic mass is 9.89. The van der Waals surface area contributed by atoms with Crippen molar-refractivity contribution in [3.8, 4) is 11.4 Å². The van der Waals surface area contributed by atoms with Gasteiger partial charge in [-0.3, -0.25) is 10.1 Å². The van der Waals surface area contributed by atoms with Crippen LogP contribution in [0.1, 0.15) is 12.0 Å². The maximum Gasteiger partial charge on any atom is 0.412 e. The molecule has 2 aliphatic rings. The SMILES string of the molecule is Nc1cc(-c2ncc(F)cc2F)nn1CC(=O)N1CC[C@@]2(C1)OC(=O)Nc1ccc(Cl)c(F)c12. The van der Waals surface area contributed by atoms with E-state index in [4.69, 9.17) is 22.1 Å². The molecule has 3 N–H and O–H groups in total. The smallest absolute Gasteiger partial charge is 0.412 e. The van der Waals surface area contributed by atoms with Crippen molar-refractivity contribution in [1.82, 2.24) is 19.7 Å². The molecular formula is C21H16ClF3N6O3. The van der Waals surface area contributed by atoms with E-state index in [1.54, 1.807) is 0 Å². The second kappa shape index (κ2) is 7.90. The monoisotopic (exact) mass is 492 g/mol. The van der Waals surface area contributed by atoms with Gasteiger partial charge in [0, 0.05) is 25.1 Å². The van der Waals surface area contributed by atoms with Crippen LogP contribution in [0.15, 0.2) is 30.5 Å². The van der Waals surface area contributed by atoms with E-state index in [0.717, 1.165) is 10.9 Å². The molecule has 0 bridgehead atoms. The van der Waals surface area contributed by atoms with Crippen LogP contribution in [-0.4, -0.2) is 44.8 Å². The number of carbonyl (C=O) groups excluding carboxylic acids is 2. The standard InChI is InChI=1S/C21H16ClF3N6O3/c22-11-1-2-13-17(18(11)25)21(34-20(33)28-13)3-4-30(9-21)16(32)8-31-15(26)6-14(29-31)19-12(24)5-10(23)7-27-19/h1-2,5-7H,3-4,8-9,26H2,(H,28,33)/t21-/m0/s1. The molecule has 2 aromatic heterocycles. The summed E-state index contributed by atoms with van der Waals surface area (Å²) in [5.74, 6) is -2.89. The minimum atomic E-state index is -1.40. The predicted molar refractivity (Wildman–Crippen MR) is 114 cm³/mol. The summed E-state index contributed by atoms with van der Waals surface area (Å²) >= 11 is 5.94. The molecule has 0 radical (unpaired) electrons. The number of hydrogen-bond acceptors (Lipinski definition) is 6. The van der Waals surface area contributed by atoms with Gasteiger partial charge in [0.2, 0.25) is 5.91 Å². The van der Waals surface area contributed by atoms with Gasteiger partial charge in [0.15, 0.2) is 17.2 Å². The van der Waals surface area contributed by atoms with E-state index in [-0.39, 0.29) is 59.5 Å². The first-order valence-electron chi connectivity index (χ1n) is 10.1. The molecular weight excluding hydrogens is 477 g/mol. The molecule has 34 heavy (non-hydrogen) atoms. The zero-order valence-electron chi connectivity index (χ0n) is 17.3. The quantitative estimate of drug-likeness (QED) is 0.580. The number of hydrogen-bond donors (Lipinski definition) is 2. The Bertz CT molecular complexity index is 1350. The number of anilines is 2. The number of amides is 2. The Hall–Kier alpha value is -3.80. The largest absolute Gasteiger partial charge is 0.436 e. The highest BCUT2D eigenvalue weighted by atomic mass is 35.5. The minimum Gasteiger partial charge on any atom is -0.436 e. The van der Waals surface area contributed by atoms with Crippen molar-refractivity contribution < 1.29 is 27.5 Å². The van der Waals surface area contributed by atoms with Crippen molar-refractivity contribution in [3.63, 3.8) is 0 Å². The highest BCUT2D eigenvalue weighted by molar-refractivity contribution is 6.31. The molecule has 1 atom stereocenters. The van der Waals surface area contributed by atoms with Crippen molar-refractivity contribution in [2.45, 2.75) is 18.6 Å². The Balaban J connectivity index is 1.38. The number of ether oxygens (including phenoxy) is 1. The normalized spacial score (nSPS) is 19.2. The van der Waals surface area contributed by atoms with Gasteiger partial charge in [-0.2, -0.15) is 5.10 Å². The van der Waals surface area contributed by atoms with Crippen LogP contribution in [0.4, 0.5) is 29.5 Å². The fraction of sp³-hybridized carbons (Fsp3) is 0.238. The van der Waals surface area contributed by atoms with Gasteiger partial charge in [-0.1, -0.05) is 11.6 Å². The number of halogens is 4. The molecule has 1 fully saturated rings. The number of nitrogens with zero attached hydrogens (tertiary/aromatic N) is 4. The van der Waals surface area contributed by atoms with Gasteiger partial charge in [0.05, 0.1) is 29.0 Å². The molecule has 1 spiro atoms. The van der Waals surface area contributed by atoms with Gasteiger partial charge >= 0.3 is 6.09 Å². The summed E-state index contributed by atoms with van der Waals surface area (Å²) in [6.45, 7) is -0.257. The number of nitrogens with two attached hydrogens (primary N) is 1. The van der Waals surface area contributed by atoms with E-state index in [2.05, 4.69) is 15.4 Å². The van der Waals surface area contributed by atoms with Crippen molar-refractivity contribution in [3.05, 3.63) is 58.5 Å². The second-order valence-electron chi connectivity index (χ2n) is 7.95. The third-order valence-corrected chi connectivity index (χ3v) is 6.10. The Morgan fingerprint density at radius 2 is 2.09 bits per heavy atom. The maximum atomic E-state index is 14.9. The fourth-order valence-electron chi connectivity index (χ4n) is 4.25. The van der Waals surface area contributed by atoms with Gasteiger partial charge in [-0.25, -0.2) is 27.6 Å². The van der Waals surface area contributed by atoms with Crippen LogP contribution in [-0.2, 0) is 21.7 Å². The summed E-state index contributed by atoms with van der Waals surface area (Å²) < 4.78 is 48.7. The first kappa shape index (κ1) is 22.0. The van der Waals surface area contributed by atoms with Gasteiger partial charge in [-0.05, 0) is 12.1 Å². The van der Waals surface area contributed by atoms with E-state index >= 15 is 0 Å². The number of fused-ring (bicyclic) bond motifs is 2. The topological polar surface area (TPSA) is 115 Å². The van der Waals surface area contributed by atoms with E-state index < -0.39 is 35.1 Å². The maximum absolute atomic E-state index is 14.9. The van der Waals surface area contributed by atoms with Crippen LogP contribution in [0.3, 0.4) is 0 Å². The summed E-state index contributed by atoms with van der Waals surface area (Å²) in [6, 6.07) is 4.77. The first-order chi connectivity index (χ1) is 16.2. The lowest BCUT2D eigenvalue weighted by Gasteiger charge is -2.35. The number of nitrogen functional groups attached to an aromatic ring is 1. The highest BCUT2D eigenvalue weighted by Crippen LogP contribution is 2.45. The number of aromatic nitrogens is 3. The van der Waals surface area contributed by atoms with Crippen LogP contribution in [0.5, 0.6) is 0 Å². The molecule has 1 saturated heterocycles. The molecule has 0 unspecified atom stereocenters. The summed E-state index contributed by atoms with van der Waals surface area (Å²) in [5.41, 5.74) is 4.64. The molecule has 0 aliphatic carbocycles. The third-order valence-electron chi connectivity index (χ3n) is 5.81. The molecule has 1 aromatic carbocycles. The van der Waals surface area contributed by atoms with Gasteiger partial charge in [0.25, 0.3) is 0 Å². The third kappa shape index (κ3) is 3.59. The Labute approximate surface area is 195 Å². The molecule has 0 saturated carbocycles. The lowest BCUT2D eigenvalue weighted by Crippen LogP contribution is -2.44. The molecule has 176 valence electrons. The molecule has 9 nitrogen and oxygen atoms in total. The van der Waals surface area contributed by atoms with E-state index in [1.807, 2.05) is 0 Å². The Morgan fingerprint density at radius 1 is 1.29 bits per heavy atom. The second-order valence-corrected chi connectivity index (χ2v) is 8.36. The van der Waals surface area contributed by atoms with Crippen LogP contribution >= 0.6 is 11.6 Å². The Morgan fingerprint density at radius 3 is 2.85 bits per heavy atom. The van der Waals surface area contributed by atoms with Gasteiger partial charge < -0.3 is 15.4 Å². The molecule has 3 aromatic rings. The van der Waals surface area contributed by atoms with Crippen LogP contribution in [0.2, 0.25) is 5.02 Å². The average Bonchev–Trinajstić information content (AvgIpc) is 3.34. The summed E-state index contributed by atoms with van der Waals surface area (Å²) in [7, 11) is 0. The Kier molecular flexibility index (Phi) is 5.12. The number of carbonyl (C=O) groups is 2. The molecule has 5 rings (SSSR count). The van der Waals surface area contributed by atoms with Crippen molar-refractivity contribution in [2.75, 3.05) is 24.1 Å². The number of nitrogens with one attached hydrogen (secondary N) is 1. The molecule has 4 heterocycles. The van der Waals surface area contributed by atoms with Gasteiger partial charge in [-0.15, -0.1) is 0 Å². The van der Waals surface area contributed by atoms with E-state index in [0.29, 0.717) is 6.07 Å². The number of likely N-dealkylation sites (tertiary alicyclic amines) is 1. The summed E-state index contributed by atoms with van der Waals surface area (Å²) in [4.78, 5) is 30.2. The van der Waals surface area contributed by atoms with Crippen molar-refractivity contribution in [1.29, 1.82) is 0 Å². The first-order valence-corrected chi connectivity index (χ1v) is 10.5. The van der Waals surface area contributed by atoms with Crippen LogP contribution in [0, 0.1) is 17.5 Å². The zero-order valence-corrected chi connectivity index (χ0v) is 18.1. The van der Waals surface area contributed by atoms with E-state index in [9.17, 15) is 22.8 Å². The molecule has 2 aliphatic heterocycles. The minimum absolute atomic E-state index is 0.0265. The molecule has 2 amide bonds. The van der Waals surface area contributed by atoms with Crippen molar-refractivity contribution in [2.24, 2.45) is 0 Å². The van der Waals surface area contributed by atoms with E-state index in [1.165, 1.54) is 23.1 Å². The highest BCUT2D eigenvalue weighted by Gasteiger charge is 2.50. The van der Waals surface area contributed by atoms with Gasteiger partial charge in [0.1, 0.15) is 29.6 Å². The lowest BCUT2D eigenvalue weighted by molar-refractivity contribution is -0.132. The van der Waals surface area contributed by atoms with Crippen LogP contribution in [0.25, 0.3) is 11.4 Å².